The minimum Gasteiger partial charge on any atom is -0.370 e. The van der Waals surface area contributed by atoms with E-state index < -0.39 is 0 Å². The van der Waals surface area contributed by atoms with E-state index in [0.29, 0.717) is 6.04 Å². The van der Waals surface area contributed by atoms with Crippen LogP contribution in [0.25, 0.3) is 0 Å². The monoisotopic (exact) mass is 291 g/mol. The molecule has 0 aromatic carbocycles. The highest BCUT2D eigenvalue weighted by atomic mass is 15.2. The Kier molecular flexibility index (Phi) is 5.94. The van der Waals surface area contributed by atoms with E-state index in [1.165, 1.54) is 13.0 Å². The smallest absolute Gasteiger partial charge is 0.144 e. The zero-order valence-corrected chi connectivity index (χ0v) is 13.9. The average Bonchev–Trinajstić information content (AvgIpc) is 2.57. The first-order valence-electron chi connectivity index (χ1n) is 8.09. The summed E-state index contributed by atoms with van der Waals surface area (Å²) in [6.45, 7) is 11.7. The van der Waals surface area contributed by atoms with Crippen LogP contribution in [0, 0.1) is 6.92 Å². The highest BCUT2D eigenvalue weighted by molar-refractivity contribution is 5.35. The van der Waals surface area contributed by atoms with Crippen LogP contribution in [0.2, 0.25) is 0 Å². The van der Waals surface area contributed by atoms with Gasteiger partial charge in [-0.25, -0.2) is 9.97 Å². The molecule has 1 aliphatic heterocycles. The lowest BCUT2D eigenvalue weighted by Crippen LogP contribution is -2.37. The Bertz CT molecular complexity index is 448. The van der Waals surface area contributed by atoms with Crippen molar-refractivity contribution >= 4 is 5.82 Å². The predicted molar refractivity (Wildman–Crippen MR) is 87.5 cm³/mol. The van der Waals surface area contributed by atoms with E-state index in [4.69, 9.17) is 0 Å². The predicted octanol–water partition coefficient (Wildman–Crippen LogP) is 2.13. The molecule has 1 aromatic rings. The number of rotatable bonds is 5. The van der Waals surface area contributed by atoms with Crippen LogP contribution in [0.3, 0.4) is 0 Å². The summed E-state index contributed by atoms with van der Waals surface area (Å²) in [7, 11) is 2.20. The molecule has 118 valence electrons. The molecule has 5 heteroatoms. The van der Waals surface area contributed by atoms with Crippen LogP contribution in [0.1, 0.15) is 38.2 Å². The summed E-state index contributed by atoms with van der Waals surface area (Å²) in [6.07, 6.45) is 2.32. The minimum absolute atomic E-state index is 0.550. The van der Waals surface area contributed by atoms with E-state index in [0.717, 1.165) is 49.9 Å². The molecule has 0 saturated carbocycles. The number of nitrogens with zero attached hydrogens (tertiary/aromatic N) is 4. The highest BCUT2D eigenvalue weighted by Gasteiger charge is 2.20. The molecule has 0 aliphatic carbocycles. The van der Waals surface area contributed by atoms with Crippen molar-refractivity contribution in [3.05, 3.63) is 17.6 Å². The Morgan fingerprint density at radius 3 is 2.90 bits per heavy atom. The van der Waals surface area contributed by atoms with Crippen molar-refractivity contribution < 1.29 is 0 Å². The van der Waals surface area contributed by atoms with E-state index in [9.17, 15) is 0 Å². The van der Waals surface area contributed by atoms with Gasteiger partial charge in [-0.3, -0.25) is 4.90 Å². The Morgan fingerprint density at radius 2 is 2.14 bits per heavy atom. The molecular weight excluding hydrogens is 262 g/mol. The van der Waals surface area contributed by atoms with E-state index >= 15 is 0 Å². The quantitative estimate of drug-likeness (QED) is 0.900. The standard InChI is InChI=1S/C16H29N5/c1-5-7-17-15-10-13(2)18-16(19-15)12-21-9-6-8-20(4)11-14(21)3/h10,14H,5-9,11-12H2,1-4H3,(H,17,18,19). The van der Waals surface area contributed by atoms with E-state index in [1.54, 1.807) is 0 Å². The largest absolute Gasteiger partial charge is 0.370 e. The zero-order valence-electron chi connectivity index (χ0n) is 13.9. The molecule has 1 saturated heterocycles. The molecule has 0 amide bonds. The van der Waals surface area contributed by atoms with Crippen molar-refractivity contribution in [2.24, 2.45) is 0 Å². The molecule has 1 N–H and O–H groups in total. The molecule has 21 heavy (non-hydrogen) atoms. The lowest BCUT2D eigenvalue weighted by Gasteiger charge is -2.27. The highest BCUT2D eigenvalue weighted by Crippen LogP contribution is 2.13. The topological polar surface area (TPSA) is 44.3 Å². The van der Waals surface area contributed by atoms with Crippen LogP contribution >= 0.6 is 0 Å². The van der Waals surface area contributed by atoms with Gasteiger partial charge >= 0.3 is 0 Å². The van der Waals surface area contributed by atoms with Gasteiger partial charge in [0.15, 0.2) is 0 Å². The van der Waals surface area contributed by atoms with Gasteiger partial charge in [0, 0.05) is 37.4 Å². The first-order chi connectivity index (χ1) is 10.1. The lowest BCUT2D eigenvalue weighted by atomic mass is 10.2. The molecule has 1 aromatic heterocycles. The molecule has 1 fully saturated rings. The summed E-state index contributed by atoms with van der Waals surface area (Å²) in [5, 5.41) is 3.37. The van der Waals surface area contributed by atoms with Crippen molar-refractivity contribution in [3.8, 4) is 0 Å². The summed E-state index contributed by atoms with van der Waals surface area (Å²) in [5.74, 6) is 1.89. The maximum Gasteiger partial charge on any atom is 0.144 e. The molecule has 1 unspecified atom stereocenters. The van der Waals surface area contributed by atoms with Crippen molar-refractivity contribution in [1.82, 2.24) is 19.8 Å². The summed E-state index contributed by atoms with van der Waals surface area (Å²) in [6, 6.07) is 2.58. The number of nitrogens with one attached hydrogen (secondary N) is 1. The van der Waals surface area contributed by atoms with E-state index in [2.05, 4.69) is 46.0 Å². The molecule has 0 spiro atoms. The van der Waals surface area contributed by atoms with Gasteiger partial charge in [0.2, 0.25) is 0 Å². The maximum absolute atomic E-state index is 4.67. The summed E-state index contributed by atoms with van der Waals surface area (Å²) >= 11 is 0. The van der Waals surface area contributed by atoms with Crippen molar-refractivity contribution in [2.75, 3.05) is 38.5 Å². The third-order valence-electron chi connectivity index (χ3n) is 3.99. The van der Waals surface area contributed by atoms with Crippen LogP contribution in [-0.4, -0.2) is 59.0 Å². The molecule has 5 nitrogen and oxygen atoms in total. The zero-order chi connectivity index (χ0) is 15.2. The van der Waals surface area contributed by atoms with E-state index in [-0.39, 0.29) is 0 Å². The molecule has 1 aliphatic rings. The van der Waals surface area contributed by atoms with Crippen molar-refractivity contribution in [3.63, 3.8) is 0 Å². The molecule has 2 heterocycles. The molecule has 0 radical (unpaired) electrons. The first-order valence-corrected chi connectivity index (χ1v) is 8.09. The Labute approximate surface area is 128 Å². The Hall–Kier alpha value is -1.20. The van der Waals surface area contributed by atoms with Gasteiger partial charge in [0.05, 0.1) is 6.54 Å². The Morgan fingerprint density at radius 1 is 1.33 bits per heavy atom. The fourth-order valence-electron chi connectivity index (χ4n) is 2.88. The number of likely N-dealkylation sites (N-methyl/N-ethyl adjacent to an activating group) is 1. The summed E-state index contributed by atoms with van der Waals surface area (Å²) < 4.78 is 0. The second-order valence-corrected chi connectivity index (χ2v) is 6.17. The second-order valence-electron chi connectivity index (χ2n) is 6.17. The number of aromatic nitrogens is 2. The molecular formula is C16H29N5. The van der Waals surface area contributed by atoms with Gasteiger partial charge in [0.1, 0.15) is 11.6 Å². The SMILES string of the molecule is CCCNc1cc(C)nc(CN2CCCN(C)CC2C)n1. The number of aryl methyl sites for hydroxylation is 1. The van der Waals surface area contributed by atoms with Crippen LogP contribution in [-0.2, 0) is 6.54 Å². The average molecular weight is 291 g/mol. The van der Waals surface area contributed by atoms with Crippen LogP contribution in [0.15, 0.2) is 6.07 Å². The first kappa shape index (κ1) is 16.2. The minimum atomic E-state index is 0.550. The van der Waals surface area contributed by atoms with Gasteiger partial charge in [0.25, 0.3) is 0 Å². The van der Waals surface area contributed by atoms with Crippen molar-refractivity contribution in [1.29, 1.82) is 0 Å². The van der Waals surface area contributed by atoms with Gasteiger partial charge in [-0.1, -0.05) is 6.92 Å². The van der Waals surface area contributed by atoms with Crippen LogP contribution in [0.4, 0.5) is 5.82 Å². The third-order valence-corrected chi connectivity index (χ3v) is 3.99. The normalized spacial score (nSPS) is 21.2. The summed E-state index contributed by atoms with van der Waals surface area (Å²) in [4.78, 5) is 14.2. The van der Waals surface area contributed by atoms with Gasteiger partial charge in [-0.2, -0.15) is 0 Å². The lowest BCUT2D eigenvalue weighted by molar-refractivity contribution is 0.190. The Balaban J connectivity index is 2.05. The van der Waals surface area contributed by atoms with Crippen molar-refractivity contribution in [2.45, 2.75) is 46.2 Å². The number of anilines is 1. The number of hydrogen-bond acceptors (Lipinski definition) is 5. The number of hydrogen-bond donors (Lipinski definition) is 1. The molecule has 1 atom stereocenters. The maximum atomic E-state index is 4.67. The fourth-order valence-corrected chi connectivity index (χ4v) is 2.88. The molecule has 0 bridgehead atoms. The van der Waals surface area contributed by atoms with Gasteiger partial charge in [-0.15, -0.1) is 0 Å². The van der Waals surface area contributed by atoms with Crippen LogP contribution in [0.5, 0.6) is 0 Å². The third kappa shape index (κ3) is 4.93. The second kappa shape index (κ2) is 7.71. The fraction of sp³-hybridized carbons (Fsp3) is 0.750. The molecule has 2 rings (SSSR count). The van der Waals surface area contributed by atoms with Crippen LogP contribution < -0.4 is 5.32 Å². The van der Waals surface area contributed by atoms with Gasteiger partial charge in [-0.05, 0) is 40.3 Å². The van der Waals surface area contributed by atoms with Gasteiger partial charge < -0.3 is 10.2 Å². The summed E-state index contributed by atoms with van der Waals surface area (Å²) in [5.41, 5.74) is 1.04. The van der Waals surface area contributed by atoms with E-state index in [1.807, 2.05) is 13.0 Å².